The fraction of sp³-hybridized carbons (Fsp3) is 0.286. The van der Waals surface area contributed by atoms with E-state index in [9.17, 15) is 4.79 Å². The maximum atomic E-state index is 13.0. The Labute approximate surface area is 153 Å². The van der Waals surface area contributed by atoms with Crippen LogP contribution in [-0.4, -0.2) is 40.4 Å². The van der Waals surface area contributed by atoms with Crippen molar-refractivity contribution < 1.29 is 4.79 Å². The first kappa shape index (κ1) is 16.7. The number of para-hydroxylation sites is 1. The minimum Gasteiger partial charge on any atom is -0.333 e. The van der Waals surface area contributed by atoms with Gasteiger partial charge in [-0.1, -0.05) is 24.3 Å². The molecule has 0 saturated carbocycles. The molecule has 26 heavy (non-hydrogen) atoms. The molecule has 0 radical (unpaired) electrons. The average molecular weight is 346 g/mol. The predicted molar refractivity (Wildman–Crippen MR) is 102 cm³/mol. The second kappa shape index (κ2) is 7.62. The molecule has 132 valence electrons. The van der Waals surface area contributed by atoms with Gasteiger partial charge in [0.25, 0.3) is 0 Å². The quantitative estimate of drug-likeness (QED) is 0.789. The number of carbonyl (C=O) groups excluding carboxylic acids is 1. The van der Waals surface area contributed by atoms with Gasteiger partial charge in [-0.3, -0.25) is 14.8 Å². The summed E-state index contributed by atoms with van der Waals surface area (Å²) in [5.41, 5.74) is 3.24. The summed E-state index contributed by atoms with van der Waals surface area (Å²) in [6.45, 7) is 2.34. The molecule has 1 saturated heterocycles. The molecule has 1 aliphatic heterocycles. The lowest BCUT2D eigenvalue weighted by molar-refractivity contribution is -0.134. The molecule has 4 rings (SSSR count). The normalized spacial score (nSPS) is 17.4. The van der Waals surface area contributed by atoms with Crippen molar-refractivity contribution >= 4 is 16.8 Å². The highest BCUT2D eigenvalue weighted by Gasteiger charge is 2.27. The second-order valence-electron chi connectivity index (χ2n) is 6.58. The molecule has 0 aliphatic carbocycles. The van der Waals surface area contributed by atoms with Gasteiger partial charge in [0.2, 0.25) is 5.91 Å². The summed E-state index contributed by atoms with van der Waals surface area (Å²) in [7, 11) is 0. The van der Waals surface area contributed by atoms with E-state index in [1.807, 2.05) is 53.7 Å². The van der Waals surface area contributed by atoms with Crippen LogP contribution in [0.2, 0.25) is 0 Å². The third kappa shape index (κ3) is 3.44. The Kier molecular flexibility index (Phi) is 4.88. The van der Waals surface area contributed by atoms with E-state index in [1.54, 1.807) is 6.20 Å². The number of carbonyl (C=O) groups is 1. The predicted octanol–water partition coefficient (Wildman–Crippen LogP) is 2.74. The zero-order valence-corrected chi connectivity index (χ0v) is 14.6. The number of aryl methyl sites for hydroxylation is 1. The molecule has 1 amide bonds. The first-order chi connectivity index (χ1) is 12.8. The van der Waals surface area contributed by atoms with Gasteiger partial charge in [-0.15, -0.1) is 0 Å². The molecule has 0 spiro atoms. The standard InChI is InChI=1S/C21H22N4O/c26-21(8-7-16-9-11-24-19-6-2-1-5-18(16)19)25-13-12-23-15-20(25)17-4-3-10-22-14-17/h1-6,9-11,14,20,23H,7-8,12-13,15H2. The Morgan fingerprint density at radius 2 is 2.08 bits per heavy atom. The minimum absolute atomic E-state index is 0.0548. The summed E-state index contributed by atoms with van der Waals surface area (Å²) in [5.74, 6) is 0.196. The van der Waals surface area contributed by atoms with Gasteiger partial charge in [0.05, 0.1) is 11.6 Å². The van der Waals surface area contributed by atoms with E-state index in [2.05, 4.69) is 21.4 Å². The molecule has 5 nitrogen and oxygen atoms in total. The Morgan fingerprint density at radius 3 is 2.96 bits per heavy atom. The number of fused-ring (bicyclic) bond motifs is 1. The van der Waals surface area contributed by atoms with Crippen LogP contribution in [0.3, 0.4) is 0 Å². The van der Waals surface area contributed by atoms with Crippen LogP contribution < -0.4 is 5.32 Å². The van der Waals surface area contributed by atoms with E-state index in [0.717, 1.165) is 42.5 Å². The lowest BCUT2D eigenvalue weighted by atomic mass is 10.0. The number of piperazine rings is 1. The molecular weight excluding hydrogens is 324 g/mol. The Morgan fingerprint density at radius 1 is 1.15 bits per heavy atom. The molecule has 5 heteroatoms. The van der Waals surface area contributed by atoms with E-state index >= 15 is 0 Å². The highest BCUT2D eigenvalue weighted by molar-refractivity contribution is 5.83. The summed E-state index contributed by atoms with van der Waals surface area (Å²) in [5, 5.41) is 4.52. The number of hydrogen-bond donors (Lipinski definition) is 1. The Hall–Kier alpha value is -2.79. The Balaban J connectivity index is 1.50. The zero-order valence-electron chi connectivity index (χ0n) is 14.6. The first-order valence-electron chi connectivity index (χ1n) is 9.05. The summed E-state index contributed by atoms with van der Waals surface area (Å²) in [4.78, 5) is 23.6. The summed E-state index contributed by atoms with van der Waals surface area (Å²) in [6, 6.07) is 14.1. The fourth-order valence-electron chi connectivity index (χ4n) is 3.63. The van der Waals surface area contributed by atoms with Crippen LogP contribution in [-0.2, 0) is 11.2 Å². The number of nitrogens with one attached hydrogen (secondary N) is 1. The number of amides is 1. The Bertz CT molecular complexity index is 891. The highest BCUT2D eigenvalue weighted by Crippen LogP contribution is 2.23. The third-order valence-corrected chi connectivity index (χ3v) is 4.98. The maximum absolute atomic E-state index is 13.0. The van der Waals surface area contributed by atoms with Crippen LogP contribution >= 0.6 is 0 Å². The van der Waals surface area contributed by atoms with Crippen molar-refractivity contribution in [2.45, 2.75) is 18.9 Å². The largest absolute Gasteiger partial charge is 0.333 e. The van der Waals surface area contributed by atoms with E-state index in [1.165, 1.54) is 5.56 Å². The van der Waals surface area contributed by atoms with Crippen LogP contribution in [0.25, 0.3) is 10.9 Å². The smallest absolute Gasteiger partial charge is 0.223 e. The van der Waals surface area contributed by atoms with Gasteiger partial charge in [-0.25, -0.2) is 0 Å². The molecule has 3 aromatic rings. The molecule has 1 aromatic carbocycles. The molecule has 1 atom stereocenters. The van der Waals surface area contributed by atoms with Gasteiger partial charge in [-0.05, 0) is 35.7 Å². The van der Waals surface area contributed by atoms with Gasteiger partial charge in [0.1, 0.15) is 0 Å². The van der Waals surface area contributed by atoms with E-state index in [-0.39, 0.29) is 11.9 Å². The van der Waals surface area contributed by atoms with Crippen LogP contribution in [0.15, 0.2) is 61.1 Å². The van der Waals surface area contributed by atoms with Crippen LogP contribution in [0.1, 0.15) is 23.6 Å². The number of rotatable bonds is 4. The average Bonchev–Trinajstić information content (AvgIpc) is 2.72. The van der Waals surface area contributed by atoms with Crippen molar-refractivity contribution in [1.82, 2.24) is 20.2 Å². The van der Waals surface area contributed by atoms with Crippen molar-refractivity contribution in [3.8, 4) is 0 Å². The molecule has 1 aliphatic rings. The van der Waals surface area contributed by atoms with Gasteiger partial charge < -0.3 is 10.2 Å². The van der Waals surface area contributed by atoms with Crippen molar-refractivity contribution in [2.24, 2.45) is 0 Å². The maximum Gasteiger partial charge on any atom is 0.223 e. The van der Waals surface area contributed by atoms with Gasteiger partial charge in [-0.2, -0.15) is 0 Å². The number of benzene rings is 1. The number of nitrogens with zero attached hydrogens (tertiary/aromatic N) is 3. The molecule has 1 N–H and O–H groups in total. The number of hydrogen-bond acceptors (Lipinski definition) is 4. The second-order valence-corrected chi connectivity index (χ2v) is 6.58. The molecule has 1 fully saturated rings. The highest BCUT2D eigenvalue weighted by atomic mass is 16.2. The minimum atomic E-state index is 0.0548. The lowest BCUT2D eigenvalue weighted by Crippen LogP contribution is -2.48. The SMILES string of the molecule is O=C(CCc1ccnc2ccccc12)N1CCNCC1c1cccnc1. The van der Waals surface area contributed by atoms with Crippen LogP contribution in [0, 0.1) is 0 Å². The molecular formula is C21H22N4O. The molecule has 0 bridgehead atoms. The summed E-state index contributed by atoms with van der Waals surface area (Å²) < 4.78 is 0. The zero-order chi connectivity index (χ0) is 17.8. The van der Waals surface area contributed by atoms with Crippen molar-refractivity contribution in [3.05, 3.63) is 72.2 Å². The van der Waals surface area contributed by atoms with Gasteiger partial charge in [0, 0.05) is 50.0 Å². The van der Waals surface area contributed by atoms with E-state index < -0.39 is 0 Å². The molecule has 1 unspecified atom stereocenters. The summed E-state index contributed by atoms with van der Waals surface area (Å²) >= 11 is 0. The van der Waals surface area contributed by atoms with Crippen LogP contribution in [0.4, 0.5) is 0 Å². The van der Waals surface area contributed by atoms with E-state index in [0.29, 0.717) is 6.42 Å². The van der Waals surface area contributed by atoms with Crippen LogP contribution in [0.5, 0.6) is 0 Å². The fourth-order valence-corrected chi connectivity index (χ4v) is 3.63. The molecule has 2 aromatic heterocycles. The number of pyridine rings is 2. The lowest BCUT2D eigenvalue weighted by Gasteiger charge is -2.36. The van der Waals surface area contributed by atoms with Crippen molar-refractivity contribution in [1.29, 1.82) is 0 Å². The topological polar surface area (TPSA) is 58.1 Å². The van der Waals surface area contributed by atoms with Gasteiger partial charge >= 0.3 is 0 Å². The van der Waals surface area contributed by atoms with Gasteiger partial charge in [0.15, 0.2) is 0 Å². The van der Waals surface area contributed by atoms with Crippen molar-refractivity contribution in [2.75, 3.05) is 19.6 Å². The van der Waals surface area contributed by atoms with E-state index in [4.69, 9.17) is 0 Å². The first-order valence-corrected chi connectivity index (χ1v) is 9.05. The monoisotopic (exact) mass is 346 g/mol. The third-order valence-electron chi connectivity index (χ3n) is 4.98. The number of aromatic nitrogens is 2. The molecule has 3 heterocycles. The van der Waals surface area contributed by atoms with Crippen molar-refractivity contribution in [3.63, 3.8) is 0 Å². The summed E-state index contributed by atoms with van der Waals surface area (Å²) in [6.07, 6.45) is 6.68.